The van der Waals surface area contributed by atoms with Crippen molar-refractivity contribution in [2.75, 3.05) is 19.6 Å². The summed E-state index contributed by atoms with van der Waals surface area (Å²) in [7, 11) is -3.69. The molecule has 2 fully saturated rings. The smallest absolute Gasteiger partial charge is 0.251 e. The zero-order valence-electron chi connectivity index (χ0n) is 18.1. The minimum atomic E-state index is -3.69. The third-order valence-corrected chi connectivity index (χ3v) is 8.23. The Morgan fingerprint density at radius 1 is 1.06 bits per heavy atom. The lowest BCUT2D eigenvalue weighted by molar-refractivity contribution is -0.0440. The molecule has 0 spiro atoms. The van der Waals surface area contributed by atoms with Crippen molar-refractivity contribution in [1.29, 1.82) is 0 Å². The zero-order chi connectivity index (χ0) is 22.1. The molecule has 1 saturated heterocycles. The number of morpholine rings is 1. The molecule has 2 unspecified atom stereocenters. The molecule has 1 amide bonds. The average Bonchev–Trinajstić information content (AvgIpc) is 2.73. The van der Waals surface area contributed by atoms with Gasteiger partial charge in [-0.1, -0.05) is 42.8 Å². The largest absolute Gasteiger partial charge is 0.373 e. The Hall–Kier alpha value is -2.22. The van der Waals surface area contributed by atoms with Crippen molar-refractivity contribution in [2.24, 2.45) is 0 Å². The van der Waals surface area contributed by atoms with Gasteiger partial charge >= 0.3 is 0 Å². The van der Waals surface area contributed by atoms with Gasteiger partial charge in [0.05, 0.1) is 17.1 Å². The fraction of sp³-hybridized carbons (Fsp3) is 0.458. The van der Waals surface area contributed by atoms with Crippen LogP contribution in [0, 0.1) is 0 Å². The molecule has 1 saturated carbocycles. The molecule has 2 aliphatic rings. The van der Waals surface area contributed by atoms with E-state index in [1.807, 2.05) is 32.0 Å². The Balaban J connectivity index is 1.48. The predicted octanol–water partition coefficient (Wildman–Crippen LogP) is 3.34. The number of rotatable bonds is 6. The molecule has 2 aromatic rings. The van der Waals surface area contributed by atoms with Gasteiger partial charge in [-0.15, -0.1) is 0 Å². The summed E-state index contributed by atoms with van der Waals surface area (Å²) in [5.74, 6) is -0.247. The number of sulfonamides is 1. The summed E-state index contributed by atoms with van der Waals surface area (Å²) in [6, 6.07) is 16.6. The van der Waals surface area contributed by atoms with Crippen molar-refractivity contribution in [3.8, 4) is 0 Å². The van der Waals surface area contributed by atoms with Crippen molar-refractivity contribution in [3.05, 3.63) is 65.7 Å². The Kier molecular flexibility index (Phi) is 6.19. The molecular formula is C24H30N2O4S. The maximum absolute atomic E-state index is 13.1. The Morgan fingerprint density at radius 3 is 2.35 bits per heavy atom. The molecule has 6 nitrogen and oxygen atoms in total. The normalized spacial score (nSPS) is 23.7. The molecule has 7 heteroatoms. The molecule has 1 heterocycles. The van der Waals surface area contributed by atoms with Gasteiger partial charge in [0.2, 0.25) is 10.0 Å². The number of hydrogen-bond acceptors (Lipinski definition) is 4. The highest BCUT2D eigenvalue weighted by Gasteiger charge is 2.39. The fourth-order valence-corrected chi connectivity index (χ4v) is 6.23. The standard InChI is InChI=1S/C24H30N2O4S/c1-18-15-26(16-19(2)30-18)31(28,29)22-11-6-8-20(14-22)23(27)25-17-24(12-7-13-24)21-9-4-3-5-10-21/h3-6,8-11,14,18-19H,7,12-13,15-17H2,1-2H3,(H,25,27). The highest BCUT2D eigenvalue weighted by atomic mass is 32.2. The average molecular weight is 443 g/mol. The molecule has 4 rings (SSSR count). The van der Waals surface area contributed by atoms with Gasteiger partial charge in [-0.25, -0.2) is 8.42 Å². The van der Waals surface area contributed by atoms with Crippen LogP contribution in [0.1, 0.15) is 49.0 Å². The Morgan fingerprint density at radius 2 is 1.74 bits per heavy atom. The molecule has 2 aromatic carbocycles. The summed E-state index contributed by atoms with van der Waals surface area (Å²) in [6.45, 7) is 4.90. The summed E-state index contributed by atoms with van der Waals surface area (Å²) >= 11 is 0. The molecule has 1 N–H and O–H groups in total. The number of carbonyl (C=O) groups is 1. The van der Waals surface area contributed by atoms with Gasteiger partial charge in [-0.3, -0.25) is 4.79 Å². The first-order valence-corrected chi connectivity index (χ1v) is 12.3. The van der Waals surface area contributed by atoms with E-state index in [4.69, 9.17) is 4.74 Å². The van der Waals surface area contributed by atoms with E-state index in [-0.39, 0.29) is 28.4 Å². The zero-order valence-corrected chi connectivity index (χ0v) is 18.9. The predicted molar refractivity (Wildman–Crippen MR) is 120 cm³/mol. The highest BCUT2D eigenvalue weighted by molar-refractivity contribution is 7.89. The number of nitrogens with one attached hydrogen (secondary N) is 1. The molecule has 2 atom stereocenters. The fourth-order valence-electron chi connectivity index (χ4n) is 4.59. The van der Waals surface area contributed by atoms with Gasteiger partial charge in [0.15, 0.2) is 0 Å². The topological polar surface area (TPSA) is 75.7 Å². The summed E-state index contributed by atoms with van der Waals surface area (Å²) in [6.07, 6.45) is 2.90. The van der Waals surface area contributed by atoms with E-state index in [9.17, 15) is 13.2 Å². The lowest BCUT2D eigenvalue weighted by Gasteiger charge is -2.42. The summed E-state index contributed by atoms with van der Waals surface area (Å²) in [5.41, 5.74) is 1.58. The lowest BCUT2D eigenvalue weighted by Crippen LogP contribution is -2.48. The van der Waals surface area contributed by atoms with E-state index in [0.717, 1.165) is 19.3 Å². The van der Waals surface area contributed by atoms with Crippen molar-refractivity contribution >= 4 is 15.9 Å². The van der Waals surface area contributed by atoms with Crippen LogP contribution in [0.3, 0.4) is 0 Å². The van der Waals surface area contributed by atoms with E-state index in [0.29, 0.717) is 25.2 Å². The number of amides is 1. The molecule has 1 aliphatic carbocycles. The van der Waals surface area contributed by atoms with Crippen molar-refractivity contribution < 1.29 is 17.9 Å². The summed E-state index contributed by atoms with van der Waals surface area (Å²) < 4.78 is 33.4. The summed E-state index contributed by atoms with van der Waals surface area (Å²) in [4.78, 5) is 13.0. The second-order valence-corrected chi connectivity index (χ2v) is 10.7. The lowest BCUT2D eigenvalue weighted by atomic mass is 9.64. The maximum Gasteiger partial charge on any atom is 0.251 e. The second-order valence-electron chi connectivity index (χ2n) is 8.79. The van der Waals surface area contributed by atoms with E-state index < -0.39 is 10.0 Å². The van der Waals surface area contributed by atoms with Crippen molar-refractivity contribution in [1.82, 2.24) is 9.62 Å². The van der Waals surface area contributed by atoms with Gasteiger partial charge in [0.25, 0.3) is 5.91 Å². The van der Waals surface area contributed by atoms with Gasteiger partial charge in [-0.05, 0) is 50.5 Å². The van der Waals surface area contributed by atoms with Gasteiger partial charge in [0.1, 0.15) is 0 Å². The quantitative estimate of drug-likeness (QED) is 0.745. The number of nitrogens with zero attached hydrogens (tertiary/aromatic N) is 1. The van der Waals surface area contributed by atoms with Crippen LogP contribution in [-0.2, 0) is 20.2 Å². The SMILES string of the molecule is CC1CN(S(=O)(=O)c2cccc(C(=O)NCC3(c4ccccc4)CCC3)c2)CC(C)O1. The van der Waals surface area contributed by atoms with Crippen LogP contribution in [0.2, 0.25) is 0 Å². The molecule has 31 heavy (non-hydrogen) atoms. The van der Waals surface area contributed by atoms with Crippen LogP contribution >= 0.6 is 0 Å². The number of hydrogen-bond donors (Lipinski definition) is 1. The van der Waals surface area contributed by atoms with Gasteiger partial charge in [-0.2, -0.15) is 4.31 Å². The van der Waals surface area contributed by atoms with E-state index in [1.54, 1.807) is 18.2 Å². The van der Waals surface area contributed by atoms with Gasteiger partial charge < -0.3 is 10.1 Å². The maximum atomic E-state index is 13.1. The third kappa shape index (κ3) is 4.54. The van der Waals surface area contributed by atoms with Gasteiger partial charge in [0, 0.05) is 30.6 Å². The highest BCUT2D eigenvalue weighted by Crippen LogP contribution is 2.43. The minimum Gasteiger partial charge on any atom is -0.373 e. The molecule has 0 aromatic heterocycles. The molecule has 0 bridgehead atoms. The first-order chi connectivity index (χ1) is 14.8. The van der Waals surface area contributed by atoms with Crippen molar-refractivity contribution in [3.63, 3.8) is 0 Å². The van der Waals surface area contributed by atoms with Crippen LogP contribution < -0.4 is 5.32 Å². The number of benzene rings is 2. The first-order valence-electron chi connectivity index (χ1n) is 10.9. The molecule has 0 radical (unpaired) electrons. The van der Waals surface area contributed by atoms with Crippen LogP contribution in [0.15, 0.2) is 59.5 Å². The van der Waals surface area contributed by atoms with Crippen molar-refractivity contribution in [2.45, 2.75) is 55.6 Å². The molecule has 1 aliphatic heterocycles. The first kappa shape index (κ1) is 22.0. The third-order valence-electron chi connectivity index (χ3n) is 6.40. The second kappa shape index (κ2) is 8.73. The van der Waals surface area contributed by atoms with Crippen LogP contribution in [-0.4, -0.2) is 50.5 Å². The van der Waals surface area contributed by atoms with E-state index in [1.165, 1.54) is 15.9 Å². The Labute approximate surface area is 184 Å². The Bertz CT molecular complexity index is 1020. The van der Waals surface area contributed by atoms with E-state index in [2.05, 4.69) is 17.4 Å². The van der Waals surface area contributed by atoms with Crippen LogP contribution in [0.5, 0.6) is 0 Å². The molecule has 166 valence electrons. The summed E-state index contributed by atoms with van der Waals surface area (Å²) in [5, 5.41) is 3.05. The minimum absolute atomic E-state index is 0.0271. The van der Waals surface area contributed by atoms with Crippen LogP contribution in [0.25, 0.3) is 0 Å². The van der Waals surface area contributed by atoms with Crippen LogP contribution in [0.4, 0.5) is 0 Å². The molecular weight excluding hydrogens is 412 g/mol. The number of carbonyl (C=O) groups excluding carboxylic acids is 1. The monoisotopic (exact) mass is 442 g/mol. The van der Waals surface area contributed by atoms with E-state index >= 15 is 0 Å². The number of ether oxygens (including phenoxy) is 1.